The summed E-state index contributed by atoms with van der Waals surface area (Å²) < 4.78 is 87.0. The lowest BCUT2D eigenvalue weighted by molar-refractivity contribution is 0.386. The molecule has 40 heavy (non-hydrogen) atoms. The first-order chi connectivity index (χ1) is 19.2. The molecule has 1 saturated carbocycles. The van der Waals surface area contributed by atoms with Crippen molar-refractivity contribution in [3.63, 3.8) is 0 Å². The fourth-order valence-electron chi connectivity index (χ4n) is 5.27. The van der Waals surface area contributed by atoms with Crippen LogP contribution in [0.5, 0.6) is 0 Å². The Kier molecular flexibility index (Phi) is 9.77. The van der Waals surface area contributed by atoms with Gasteiger partial charge in [0.15, 0.2) is 17.5 Å². The molecule has 1 nitrogen and oxygen atoms in total. The predicted molar refractivity (Wildman–Crippen MR) is 150 cm³/mol. The highest BCUT2D eigenvalue weighted by atomic mass is 32.1. The molecule has 0 N–H and O–H groups in total. The highest BCUT2D eigenvalue weighted by Gasteiger charge is 2.26. The van der Waals surface area contributed by atoms with Crippen molar-refractivity contribution in [2.75, 3.05) is 0 Å². The van der Waals surface area contributed by atoms with Crippen molar-refractivity contribution in [1.82, 2.24) is 0 Å². The summed E-state index contributed by atoms with van der Waals surface area (Å²) in [6.07, 6.45) is 6.38. The second-order valence-electron chi connectivity index (χ2n) is 9.84. The molecule has 0 aliphatic heterocycles. The zero-order valence-corrected chi connectivity index (χ0v) is 22.6. The third-order valence-electron chi connectivity index (χ3n) is 7.38. The molecule has 0 spiro atoms. The largest absolute Gasteiger partial charge is 0.209 e. The number of halogens is 6. The summed E-state index contributed by atoms with van der Waals surface area (Å²) in [5.74, 6) is -5.15. The molecule has 3 aromatic carbocycles. The van der Waals surface area contributed by atoms with Crippen molar-refractivity contribution >= 4 is 28.9 Å². The average Bonchev–Trinajstić information content (AvgIpc) is 2.94. The van der Waals surface area contributed by atoms with E-state index in [0.29, 0.717) is 37.7 Å². The second-order valence-corrected chi connectivity index (χ2v) is 10.0. The fraction of sp³-hybridized carbons (Fsp3) is 0.281. The summed E-state index contributed by atoms with van der Waals surface area (Å²) in [4.78, 5) is 3.36. The minimum atomic E-state index is -1.05. The molecule has 0 saturated heterocycles. The highest BCUT2D eigenvalue weighted by Crippen LogP contribution is 2.42. The average molecular weight is 572 g/mol. The van der Waals surface area contributed by atoms with Crippen LogP contribution in [0.3, 0.4) is 0 Å². The van der Waals surface area contributed by atoms with Gasteiger partial charge in [0.05, 0.1) is 5.16 Å². The first-order valence-corrected chi connectivity index (χ1v) is 13.5. The number of thiocarbonyl (C=S) groups is 1. The molecule has 0 bridgehead atoms. The van der Waals surface area contributed by atoms with Crippen LogP contribution in [-0.2, 0) is 0 Å². The maximum absolute atomic E-state index is 15.0. The van der Waals surface area contributed by atoms with Gasteiger partial charge in [0.1, 0.15) is 23.1 Å². The van der Waals surface area contributed by atoms with Crippen molar-refractivity contribution in [1.29, 1.82) is 0 Å². The van der Waals surface area contributed by atoms with E-state index >= 15 is 4.39 Å². The van der Waals surface area contributed by atoms with E-state index in [9.17, 15) is 22.0 Å². The van der Waals surface area contributed by atoms with Crippen LogP contribution < -0.4 is 0 Å². The summed E-state index contributed by atoms with van der Waals surface area (Å²) in [5, 5.41) is 1.92. The Bertz CT molecular complexity index is 1470. The lowest BCUT2D eigenvalue weighted by Crippen LogP contribution is -2.13. The molecule has 1 fully saturated rings. The van der Waals surface area contributed by atoms with Crippen LogP contribution in [0, 0.1) is 23.3 Å². The van der Waals surface area contributed by atoms with Crippen LogP contribution in [0.2, 0.25) is 0 Å². The third-order valence-corrected chi connectivity index (χ3v) is 7.47. The van der Waals surface area contributed by atoms with E-state index in [1.165, 1.54) is 24.3 Å². The minimum absolute atomic E-state index is 0.0292. The standard InChI is InChI=1S/C32H27F6NS/c1-2-3-4-5-26(33)31(38)22-11-13-24(28(35)15-22)20-8-6-19(7-9-20)21-10-12-25(27(34)14-21)23-16-29(36)32(39-18-40)30(37)17-23/h2-3,10-17,19-20H,4-9H2,1H3. The van der Waals surface area contributed by atoms with E-state index < -0.39 is 40.6 Å². The third kappa shape index (κ3) is 6.62. The molecule has 1 aliphatic carbocycles. The van der Waals surface area contributed by atoms with Crippen LogP contribution in [0.4, 0.5) is 32.0 Å². The van der Waals surface area contributed by atoms with Crippen LogP contribution in [0.15, 0.2) is 71.5 Å². The zero-order valence-electron chi connectivity index (χ0n) is 21.8. The topological polar surface area (TPSA) is 12.4 Å². The lowest BCUT2D eigenvalue weighted by Gasteiger charge is -2.29. The van der Waals surface area contributed by atoms with Crippen molar-refractivity contribution in [2.24, 2.45) is 4.99 Å². The van der Waals surface area contributed by atoms with Gasteiger partial charge in [-0.1, -0.05) is 36.4 Å². The van der Waals surface area contributed by atoms with E-state index in [4.69, 9.17) is 0 Å². The van der Waals surface area contributed by atoms with Gasteiger partial charge in [-0.25, -0.2) is 26.3 Å². The molecule has 0 atom stereocenters. The molecule has 0 aromatic heterocycles. The highest BCUT2D eigenvalue weighted by molar-refractivity contribution is 7.78. The Hall–Kier alpha value is -3.48. The molecule has 3 aromatic rings. The molecule has 4 rings (SSSR count). The maximum atomic E-state index is 15.0. The molecule has 208 valence electrons. The monoisotopic (exact) mass is 571 g/mol. The number of nitrogens with zero attached hydrogens (tertiary/aromatic N) is 1. The maximum Gasteiger partial charge on any atom is 0.161 e. The number of benzene rings is 3. The van der Waals surface area contributed by atoms with Gasteiger partial charge in [0.2, 0.25) is 0 Å². The van der Waals surface area contributed by atoms with Gasteiger partial charge < -0.3 is 0 Å². The number of aliphatic imine (C=N–C) groups is 1. The summed E-state index contributed by atoms with van der Waals surface area (Å²) >= 11 is 4.40. The van der Waals surface area contributed by atoms with Crippen molar-refractivity contribution in [2.45, 2.75) is 57.3 Å². The van der Waals surface area contributed by atoms with E-state index in [-0.39, 0.29) is 34.9 Å². The van der Waals surface area contributed by atoms with Gasteiger partial charge >= 0.3 is 0 Å². The van der Waals surface area contributed by atoms with E-state index in [2.05, 4.69) is 17.2 Å². The first kappa shape index (κ1) is 29.5. The fourth-order valence-corrected chi connectivity index (χ4v) is 5.36. The summed E-state index contributed by atoms with van der Waals surface area (Å²) in [7, 11) is 0. The van der Waals surface area contributed by atoms with E-state index in [1.807, 2.05) is 5.16 Å². The van der Waals surface area contributed by atoms with Gasteiger partial charge in [0, 0.05) is 17.5 Å². The van der Waals surface area contributed by atoms with Crippen molar-refractivity contribution in [3.05, 3.63) is 106 Å². The van der Waals surface area contributed by atoms with Gasteiger partial charge in [0.25, 0.3) is 0 Å². The summed E-state index contributed by atoms with van der Waals surface area (Å²) in [5.41, 5.74) is 0.593. The molecule has 0 radical (unpaired) electrons. The molecule has 8 heteroatoms. The normalized spacial score (nSPS) is 18.0. The lowest BCUT2D eigenvalue weighted by atomic mass is 9.75. The number of hydrogen-bond donors (Lipinski definition) is 0. The number of hydrogen-bond acceptors (Lipinski definition) is 2. The van der Waals surface area contributed by atoms with E-state index in [1.54, 1.807) is 25.1 Å². The molecule has 0 unspecified atom stereocenters. The predicted octanol–water partition coefficient (Wildman–Crippen LogP) is 11.0. The Labute approximate surface area is 235 Å². The Morgan fingerprint density at radius 1 is 0.875 bits per heavy atom. The van der Waals surface area contributed by atoms with Crippen LogP contribution in [0.25, 0.3) is 17.0 Å². The zero-order chi connectivity index (χ0) is 28.8. The van der Waals surface area contributed by atoms with E-state index in [0.717, 1.165) is 23.8 Å². The Balaban J connectivity index is 1.44. The summed E-state index contributed by atoms with van der Waals surface area (Å²) in [6, 6.07) is 10.6. The van der Waals surface area contributed by atoms with Gasteiger partial charge in [-0.2, -0.15) is 4.99 Å². The summed E-state index contributed by atoms with van der Waals surface area (Å²) in [6.45, 7) is 1.79. The Morgan fingerprint density at radius 2 is 1.55 bits per heavy atom. The van der Waals surface area contributed by atoms with Crippen LogP contribution >= 0.6 is 12.2 Å². The van der Waals surface area contributed by atoms with Crippen molar-refractivity contribution < 1.29 is 26.3 Å². The van der Waals surface area contributed by atoms with Gasteiger partial charge in [-0.05, 0) is 104 Å². The molecule has 1 aliphatic rings. The number of rotatable bonds is 8. The molecule has 0 heterocycles. The molecular weight excluding hydrogens is 544 g/mol. The van der Waals surface area contributed by atoms with Crippen LogP contribution in [-0.4, -0.2) is 5.16 Å². The Morgan fingerprint density at radius 3 is 2.15 bits per heavy atom. The quantitative estimate of drug-likeness (QED) is 0.113. The molecule has 0 amide bonds. The van der Waals surface area contributed by atoms with Crippen molar-refractivity contribution in [3.8, 4) is 11.1 Å². The molecular formula is C32H27F6NS. The first-order valence-electron chi connectivity index (χ1n) is 13.0. The number of allylic oxidation sites excluding steroid dienone is 3. The minimum Gasteiger partial charge on any atom is -0.209 e. The smallest absolute Gasteiger partial charge is 0.161 e. The van der Waals surface area contributed by atoms with Gasteiger partial charge in [-0.3, -0.25) is 0 Å². The number of isothiocyanates is 1. The SMILES string of the molecule is CC=CCCC(F)=C(F)c1ccc(C2CCC(c3ccc(-c4cc(F)c(N=C=S)c(F)c4)c(F)c3)CC2)c(F)c1. The van der Waals surface area contributed by atoms with Gasteiger partial charge in [-0.15, -0.1) is 0 Å². The second kappa shape index (κ2) is 13.2. The van der Waals surface area contributed by atoms with Crippen LogP contribution in [0.1, 0.15) is 74.0 Å².